The fourth-order valence-electron chi connectivity index (χ4n) is 1.38. The zero-order valence-electron chi connectivity index (χ0n) is 8.77. The number of hydrogen-bond donors (Lipinski definition) is 1. The van der Waals surface area contributed by atoms with E-state index in [1.165, 1.54) is 0 Å². The van der Waals surface area contributed by atoms with E-state index in [0.29, 0.717) is 0 Å². The second kappa shape index (κ2) is 4.99. The van der Waals surface area contributed by atoms with Crippen molar-refractivity contribution >= 4 is 27.3 Å². The van der Waals surface area contributed by atoms with Gasteiger partial charge in [0, 0.05) is 10.7 Å². The normalized spacial score (nSPS) is 9.88. The van der Waals surface area contributed by atoms with Gasteiger partial charge in [0.1, 0.15) is 5.75 Å². The molecule has 0 aliphatic rings. The molecule has 82 valence electrons. The molecule has 1 heterocycles. The fraction of sp³-hybridized carbons (Fsp3) is 0.0833. The van der Waals surface area contributed by atoms with Crippen molar-refractivity contribution in [1.29, 1.82) is 0 Å². The number of halogens is 1. The van der Waals surface area contributed by atoms with Crippen LogP contribution in [0.15, 0.2) is 47.2 Å². The van der Waals surface area contributed by atoms with Crippen LogP contribution in [0, 0.1) is 0 Å². The van der Waals surface area contributed by atoms with Crippen LogP contribution >= 0.6 is 15.9 Å². The summed E-state index contributed by atoms with van der Waals surface area (Å²) in [5.41, 5.74) is 1.84. The molecule has 0 radical (unpaired) electrons. The van der Waals surface area contributed by atoms with Crippen molar-refractivity contribution in [2.75, 3.05) is 12.4 Å². The number of nitrogens with zero attached hydrogens (tertiary/aromatic N) is 1. The fourth-order valence-corrected chi connectivity index (χ4v) is 1.75. The van der Waals surface area contributed by atoms with Gasteiger partial charge in [-0.1, -0.05) is 12.1 Å². The lowest BCUT2D eigenvalue weighted by Crippen LogP contribution is -1.94. The number of benzene rings is 1. The third-order valence-electron chi connectivity index (χ3n) is 2.09. The van der Waals surface area contributed by atoms with Gasteiger partial charge >= 0.3 is 0 Å². The monoisotopic (exact) mass is 278 g/mol. The highest BCUT2D eigenvalue weighted by molar-refractivity contribution is 9.10. The second-order valence-corrected chi connectivity index (χ2v) is 4.13. The van der Waals surface area contributed by atoms with Crippen molar-refractivity contribution in [3.8, 4) is 5.75 Å². The van der Waals surface area contributed by atoms with Gasteiger partial charge in [0.25, 0.3) is 0 Å². The number of nitrogens with one attached hydrogen (secondary N) is 1. The Kier molecular flexibility index (Phi) is 3.41. The summed E-state index contributed by atoms with van der Waals surface area (Å²) in [5.74, 6) is 0.808. The van der Waals surface area contributed by atoms with Crippen LogP contribution in [0.4, 0.5) is 11.4 Å². The number of hydrogen-bond acceptors (Lipinski definition) is 3. The maximum absolute atomic E-state index is 5.25. The van der Waals surface area contributed by atoms with Crippen LogP contribution in [0.1, 0.15) is 0 Å². The summed E-state index contributed by atoms with van der Waals surface area (Å²) in [6, 6.07) is 9.71. The molecule has 16 heavy (non-hydrogen) atoms. The smallest absolute Gasteiger partial charge is 0.142 e. The highest BCUT2D eigenvalue weighted by Gasteiger charge is 2.01. The first-order valence-corrected chi connectivity index (χ1v) is 5.59. The summed E-state index contributed by atoms with van der Waals surface area (Å²) in [6.07, 6.45) is 3.50. The van der Waals surface area contributed by atoms with E-state index in [1.807, 2.05) is 30.3 Å². The maximum Gasteiger partial charge on any atom is 0.142 e. The van der Waals surface area contributed by atoms with E-state index in [2.05, 4.69) is 26.2 Å². The van der Waals surface area contributed by atoms with Gasteiger partial charge in [-0.3, -0.25) is 4.98 Å². The molecule has 0 atom stereocenters. The number of methoxy groups -OCH3 is 1. The summed E-state index contributed by atoms with van der Waals surface area (Å²) >= 11 is 3.38. The van der Waals surface area contributed by atoms with Crippen LogP contribution < -0.4 is 10.1 Å². The molecule has 0 saturated heterocycles. The lowest BCUT2D eigenvalue weighted by atomic mass is 10.3. The molecule has 0 amide bonds. The molecule has 2 rings (SSSR count). The van der Waals surface area contributed by atoms with Crippen molar-refractivity contribution in [2.45, 2.75) is 0 Å². The van der Waals surface area contributed by atoms with Crippen molar-refractivity contribution in [2.24, 2.45) is 0 Å². The van der Waals surface area contributed by atoms with E-state index >= 15 is 0 Å². The lowest BCUT2D eigenvalue weighted by molar-refractivity contribution is 0.417. The molecular weight excluding hydrogens is 268 g/mol. The van der Waals surface area contributed by atoms with Crippen molar-refractivity contribution in [1.82, 2.24) is 4.98 Å². The van der Waals surface area contributed by atoms with Crippen LogP contribution in [0.2, 0.25) is 0 Å². The molecular formula is C12H11BrN2O. The Morgan fingerprint density at radius 2 is 2.06 bits per heavy atom. The summed E-state index contributed by atoms with van der Waals surface area (Å²) in [4.78, 5) is 4.09. The molecule has 0 saturated carbocycles. The van der Waals surface area contributed by atoms with Crippen LogP contribution in [0.25, 0.3) is 0 Å². The number of aromatic nitrogens is 1. The van der Waals surface area contributed by atoms with Crippen molar-refractivity contribution < 1.29 is 4.74 Å². The molecule has 0 aliphatic carbocycles. The quantitative estimate of drug-likeness (QED) is 0.932. The minimum atomic E-state index is 0.808. The van der Waals surface area contributed by atoms with Gasteiger partial charge in [0.05, 0.1) is 24.7 Å². The Morgan fingerprint density at radius 1 is 1.25 bits per heavy atom. The average molecular weight is 279 g/mol. The van der Waals surface area contributed by atoms with E-state index in [-0.39, 0.29) is 0 Å². The first-order chi connectivity index (χ1) is 7.79. The van der Waals surface area contributed by atoms with Gasteiger partial charge in [-0.25, -0.2) is 0 Å². The molecule has 1 aromatic heterocycles. The van der Waals surface area contributed by atoms with Gasteiger partial charge in [0.2, 0.25) is 0 Å². The van der Waals surface area contributed by atoms with E-state index in [9.17, 15) is 0 Å². The molecule has 0 aliphatic heterocycles. The standard InChI is InChI=1S/C12H11BrN2O/c1-16-12-5-3-2-4-11(12)15-10-6-9(13)7-14-8-10/h2-8,15H,1H3. The second-order valence-electron chi connectivity index (χ2n) is 3.22. The van der Waals surface area contributed by atoms with Crippen LogP contribution in [-0.2, 0) is 0 Å². The van der Waals surface area contributed by atoms with Crippen LogP contribution in [0.3, 0.4) is 0 Å². The average Bonchev–Trinajstić information content (AvgIpc) is 2.30. The van der Waals surface area contributed by atoms with E-state index in [4.69, 9.17) is 4.74 Å². The largest absolute Gasteiger partial charge is 0.495 e. The lowest BCUT2D eigenvalue weighted by Gasteiger charge is -2.10. The minimum absolute atomic E-state index is 0.808. The predicted molar refractivity (Wildman–Crippen MR) is 68.2 cm³/mol. The van der Waals surface area contributed by atoms with Gasteiger partial charge in [-0.05, 0) is 34.1 Å². The Balaban J connectivity index is 2.26. The minimum Gasteiger partial charge on any atom is -0.495 e. The number of rotatable bonds is 3. The molecule has 3 nitrogen and oxygen atoms in total. The zero-order chi connectivity index (χ0) is 11.4. The molecule has 1 N–H and O–H groups in total. The van der Waals surface area contributed by atoms with Crippen LogP contribution in [0.5, 0.6) is 5.75 Å². The number of para-hydroxylation sites is 2. The summed E-state index contributed by atoms with van der Waals surface area (Å²) in [5, 5.41) is 3.25. The molecule has 2 aromatic rings. The Hall–Kier alpha value is -1.55. The van der Waals surface area contributed by atoms with E-state index in [0.717, 1.165) is 21.6 Å². The molecule has 0 spiro atoms. The zero-order valence-corrected chi connectivity index (χ0v) is 10.4. The Labute approximate surface area is 103 Å². The number of pyridine rings is 1. The molecule has 0 unspecified atom stereocenters. The topological polar surface area (TPSA) is 34.1 Å². The summed E-state index contributed by atoms with van der Waals surface area (Å²) in [7, 11) is 1.65. The van der Waals surface area contributed by atoms with Gasteiger partial charge in [-0.2, -0.15) is 0 Å². The molecule has 4 heteroatoms. The number of anilines is 2. The highest BCUT2D eigenvalue weighted by Crippen LogP contribution is 2.27. The maximum atomic E-state index is 5.25. The highest BCUT2D eigenvalue weighted by atomic mass is 79.9. The van der Waals surface area contributed by atoms with Gasteiger partial charge < -0.3 is 10.1 Å². The SMILES string of the molecule is COc1ccccc1Nc1cncc(Br)c1. The third-order valence-corrected chi connectivity index (χ3v) is 2.52. The van der Waals surface area contributed by atoms with E-state index < -0.39 is 0 Å². The van der Waals surface area contributed by atoms with Gasteiger partial charge in [-0.15, -0.1) is 0 Å². The third kappa shape index (κ3) is 2.52. The molecule has 1 aromatic carbocycles. The Morgan fingerprint density at radius 3 is 2.81 bits per heavy atom. The first-order valence-electron chi connectivity index (χ1n) is 4.80. The van der Waals surface area contributed by atoms with Crippen molar-refractivity contribution in [3.63, 3.8) is 0 Å². The first kappa shape index (κ1) is 11.0. The van der Waals surface area contributed by atoms with E-state index in [1.54, 1.807) is 19.5 Å². The van der Waals surface area contributed by atoms with Crippen molar-refractivity contribution in [3.05, 3.63) is 47.2 Å². The summed E-state index contributed by atoms with van der Waals surface area (Å²) < 4.78 is 6.19. The predicted octanol–water partition coefficient (Wildman–Crippen LogP) is 3.60. The molecule has 0 fully saturated rings. The number of ether oxygens (including phenoxy) is 1. The van der Waals surface area contributed by atoms with Crippen LogP contribution in [-0.4, -0.2) is 12.1 Å². The summed E-state index contributed by atoms with van der Waals surface area (Å²) in [6.45, 7) is 0. The molecule has 0 bridgehead atoms. The van der Waals surface area contributed by atoms with Gasteiger partial charge in [0.15, 0.2) is 0 Å². The Bertz CT molecular complexity index is 488.